The summed E-state index contributed by atoms with van der Waals surface area (Å²) in [4.78, 5) is 24.5. The molecule has 2 amide bonds. The van der Waals surface area contributed by atoms with Crippen molar-refractivity contribution in [3.8, 4) is 0 Å². The molecule has 0 fully saturated rings. The first-order valence-electron chi connectivity index (χ1n) is 7.40. The average Bonchev–Trinajstić information content (AvgIpc) is 2.46. The fourth-order valence-electron chi connectivity index (χ4n) is 1.95. The summed E-state index contributed by atoms with van der Waals surface area (Å²) in [6.45, 7) is 6.18. The molecule has 1 unspecified atom stereocenters. The van der Waals surface area contributed by atoms with Crippen molar-refractivity contribution in [2.45, 2.75) is 39.3 Å². The van der Waals surface area contributed by atoms with Crippen molar-refractivity contribution in [1.82, 2.24) is 10.6 Å². The Morgan fingerprint density at radius 2 is 1.70 bits per heavy atom. The molecule has 0 aliphatic rings. The third-order valence-corrected chi connectivity index (χ3v) is 3.43. The van der Waals surface area contributed by atoms with Crippen molar-refractivity contribution in [3.63, 3.8) is 0 Å². The van der Waals surface area contributed by atoms with E-state index in [2.05, 4.69) is 10.6 Å². The summed E-state index contributed by atoms with van der Waals surface area (Å²) in [5.41, 5.74) is 5.98. The largest absolute Gasteiger partial charge is 0.351 e. The Bertz CT molecular complexity index is 507. The fourth-order valence-corrected chi connectivity index (χ4v) is 2.07. The van der Waals surface area contributed by atoms with E-state index in [-0.39, 0.29) is 36.2 Å². The molecule has 2 atom stereocenters. The summed E-state index contributed by atoms with van der Waals surface area (Å²) in [6, 6.07) is 5.83. The second kappa shape index (κ2) is 10.5. The molecule has 5 nitrogen and oxygen atoms in total. The van der Waals surface area contributed by atoms with Crippen LogP contribution in [0.4, 0.5) is 0 Å². The van der Waals surface area contributed by atoms with Crippen LogP contribution in [0.15, 0.2) is 24.3 Å². The Labute approximate surface area is 148 Å². The number of carbonyl (C=O) groups excluding carboxylic acids is 2. The predicted molar refractivity (Wildman–Crippen MR) is 96.1 cm³/mol. The highest BCUT2D eigenvalue weighted by Gasteiger charge is 2.23. The van der Waals surface area contributed by atoms with Crippen LogP contribution in [-0.2, 0) is 4.79 Å². The maximum atomic E-state index is 12.3. The predicted octanol–water partition coefficient (Wildman–Crippen LogP) is 2.37. The summed E-state index contributed by atoms with van der Waals surface area (Å²) >= 11 is 5.81. The minimum absolute atomic E-state index is 0. The molecule has 1 aromatic carbocycles. The zero-order valence-electron chi connectivity index (χ0n) is 13.6. The Balaban J connectivity index is 0.00000484. The molecule has 0 aliphatic carbocycles. The molecule has 0 aliphatic heterocycles. The van der Waals surface area contributed by atoms with E-state index in [0.717, 1.165) is 0 Å². The van der Waals surface area contributed by atoms with E-state index >= 15 is 0 Å². The van der Waals surface area contributed by atoms with Crippen LogP contribution in [0.3, 0.4) is 0 Å². The van der Waals surface area contributed by atoms with Crippen molar-refractivity contribution >= 4 is 35.8 Å². The third-order valence-electron chi connectivity index (χ3n) is 3.18. The minimum atomic E-state index is -0.586. The molecule has 0 saturated carbocycles. The first-order valence-corrected chi connectivity index (χ1v) is 7.78. The lowest BCUT2D eigenvalue weighted by Gasteiger charge is -2.22. The van der Waals surface area contributed by atoms with E-state index in [4.69, 9.17) is 17.3 Å². The van der Waals surface area contributed by atoms with Gasteiger partial charge in [-0.15, -0.1) is 12.4 Å². The third kappa shape index (κ3) is 7.68. The highest BCUT2D eigenvalue weighted by molar-refractivity contribution is 6.30. The lowest BCUT2D eigenvalue weighted by molar-refractivity contribution is -0.123. The minimum Gasteiger partial charge on any atom is -0.351 e. The molecular formula is C16H25Cl2N3O2. The fraction of sp³-hybridized carbons (Fsp3) is 0.500. The monoisotopic (exact) mass is 361 g/mol. The van der Waals surface area contributed by atoms with Crippen LogP contribution in [0.5, 0.6) is 0 Å². The lowest BCUT2D eigenvalue weighted by atomic mass is 10.0. The number of nitrogens with two attached hydrogens (primary N) is 1. The van der Waals surface area contributed by atoms with E-state index in [1.165, 1.54) is 0 Å². The summed E-state index contributed by atoms with van der Waals surface area (Å²) in [5.74, 6) is -0.235. The molecule has 4 N–H and O–H groups in total. The second-order valence-corrected chi connectivity index (χ2v) is 6.24. The molecule has 0 spiro atoms. The lowest BCUT2D eigenvalue weighted by Crippen LogP contribution is -2.51. The highest BCUT2D eigenvalue weighted by Crippen LogP contribution is 2.11. The van der Waals surface area contributed by atoms with Crippen LogP contribution in [0.25, 0.3) is 0 Å². The Hall–Kier alpha value is -1.30. The van der Waals surface area contributed by atoms with E-state index in [1.54, 1.807) is 24.3 Å². The first-order chi connectivity index (χ1) is 10.3. The van der Waals surface area contributed by atoms with Crippen LogP contribution in [0.2, 0.25) is 5.02 Å². The number of carbonyl (C=O) groups is 2. The number of benzene rings is 1. The molecule has 1 aromatic rings. The molecule has 1 rings (SSSR count). The normalized spacial score (nSPS) is 13.0. The molecule has 0 radical (unpaired) electrons. The summed E-state index contributed by atoms with van der Waals surface area (Å²) < 4.78 is 0. The van der Waals surface area contributed by atoms with Gasteiger partial charge in [0, 0.05) is 23.2 Å². The highest BCUT2D eigenvalue weighted by atomic mass is 35.5. The molecule has 0 aromatic heterocycles. The molecule has 7 heteroatoms. The van der Waals surface area contributed by atoms with Crippen LogP contribution in [0.1, 0.15) is 37.6 Å². The van der Waals surface area contributed by atoms with Gasteiger partial charge >= 0.3 is 0 Å². The van der Waals surface area contributed by atoms with Gasteiger partial charge in [0.1, 0.15) is 6.04 Å². The van der Waals surface area contributed by atoms with E-state index in [0.29, 0.717) is 23.6 Å². The van der Waals surface area contributed by atoms with Gasteiger partial charge in [-0.25, -0.2) is 0 Å². The maximum Gasteiger partial charge on any atom is 0.251 e. The van der Waals surface area contributed by atoms with Gasteiger partial charge in [0.2, 0.25) is 5.91 Å². The van der Waals surface area contributed by atoms with Gasteiger partial charge in [-0.3, -0.25) is 9.59 Å². The van der Waals surface area contributed by atoms with Crippen LogP contribution in [0, 0.1) is 5.92 Å². The zero-order chi connectivity index (χ0) is 16.7. The number of hydrogen-bond acceptors (Lipinski definition) is 3. The smallest absolute Gasteiger partial charge is 0.251 e. The number of hydrogen-bond donors (Lipinski definition) is 3. The van der Waals surface area contributed by atoms with E-state index in [9.17, 15) is 9.59 Å². The molecule has 0 heterocycles. The van der Waals surface area contributed by atoms with Gasteiger partial charge in [-0.05, 0) is 43.5 Å². The van der Waals surface area contributed by atoms with Gasteiger partial charge in [-0.2, -0.15) is 0 Å². The van der Waals surface area contributed by atoms with Crippen molar-refractivity contribution in [2.24, 2.45) is 11.7 Å². The number of nitrogens with one attached hydrogen (secondary N) is 2. The van der Waals surface area contributed by atoms with Crippen LogP contribution >= 0.6 is 24.0 Å². The van der Waals surface area contributed by atoms with Crippen molar-refractivity contribution < 1.29 is 9.59 Å². The van der Waals surface area contributed by atoms with Gasteiger partial charge in [0.15, 0.2) is 0 Å². The van der Waals surface area contributed by atoms with Crippen molar-refractivity contribution in [1.29, 1.82) is 0 Å². The van der Waals surface area contributed by atoms with E-state index < -0.39 is 6.04 Å². The summed E-state index contributed by atoms with van der Waals surface area (Å²) in [7, 11) is 0. The molecule has 0 saturated heterocycles. The first kappa shape index (κ1) is 21.7. The van der Waals surface area contributed by atoms with Crippen LogP contribution in [-0.4, -0.2) is 30.4 Å². The topological polar surface area (TPSA) is 84.2 Å². The second-order valence-electron chi connectivity index (χ2n) is 5.81. The van der Waals surface area contributed by atoms with Crippen LogP contribution < -0.4 is 16.4 Å². The SMILES string of the molecule is CC(C)CC(NC(=O)c1ccc(Cl)cc1)C(=O)N[C@@H](C)CN.Cl. The van der Waals surface area contributed by atoms with E-state index in [1.807, 2.05) is 20.8 Å². The van der Waals surface area contributed by atoms with Gasteiger partial charge in [0.25, 0.3) is 5.91 Å². The number of halogens is 2. The standard InChI is InChI=1S/C16H24ClN3O2.ClH/c1-10(2)8-14(16(22)19-11(3)9-18)20-15(21)12-4-6-13(17)7-5-12;/h4-7,10-11,14H,8-9,18H2,1-3H3,(H,19,22)(H,20,21);1H/t11-,14?;/m0./s1. The average molecular weight is 362 g/mol. The Morgan fingerprint density at radius 1 is 1.13 bits per heavy atom. The number of amides is 2. The van der Waals surface area contributed by atoms with Gasteiger partial charge in [0.05, 0.1) is 0 Å². The summed E-state index contributed by atoms with van der Waals surface area (Å²) in [5, 5.41) is 6.14. The Morgan fingerprint density at radius 3 is 2.17 bits per heavy atom. The Kier molecular flexibility index (Phi) is 9.88. The zero-order valence-corrected chi connectivity index (χ0v) is 15.2. The number of rotatable bonds is 7. The van der Waals surface area contributed by atoms with Gasteiger partial charge in [-0.1, -0.05) is 25.4 Å². The molecule has 130 valence electrons. The quantitative estimate of drug-likeness (QED) is 0.696. The molecular weight excluding hydrogens is 337 g/mol. The summed E-state index contributed by atoms with van der Waals surface area (Å²) in [6.07, 6.45) is 0.558. The van der Waals surface area contributed by atoms with Gasteiger partial charge < -0.3 is 16.4 Å². The maximum absolute atomic E-state index is 12.3. The molecule has 0 bridgehead atoms. The molecule has 23 heavy (non-hydrogen) atoms. The van der Waals surface area contributed by atoms with Crippen molar-refractivity contribution in [2.75, 3.05) is 6.54 Å². The van der Waals surface area contributed by atoms with Crippen molar-refractivity contribution in [3.05, 3.63) is 34.9 Å².